The fourth-order valence-electron chi connectivity index (χ4n) is 2.88. The monoisotopic (exact) mass is 280 g/mol. The average Bonchev–Trinajstić information content (AvgIpc) is 2.85. The summed E-state index contributed by atoms with van der Waals surface area (Å²) in [5.74, 6) is 0.00656. The molecule has 0 atom stereocenters. The summed E-state index contributed by atoms with van der Waals surface area (Å²) in [5, 5.41) is 5.29. The van der Waals surface area contributed by atoms with E-state index in [0.717, 1.165) is 23.9 Å². The summed E-state index contributed by atoms with van der Waals surface area (Å²) in [6.07, 6.45) is 0.948. The van der Waals surface area contributed by atoms with E-state index in [1.165, 1.54) is 16.4 Å². The fourth-order valence-corrected chi connectivity index (χ4v) is 2.88. The van der Waals surface area contributed by atoms with E-state index in [-0.39, 0.29) is 5.91 Å². The van der Waals surface area contributed by atoms with E-state index in [1.54, 1.807) is 0 Å². The molecule has 0 aliphatic rings. The maximum absolute atomic E-state index is 12.1. The van der Waals surface area contributed by atoms with E-state index in [2.05, 4.69) is 48.0 Å². The zero-order valence-electron chi connectivity index (χ0n) is 12.5. The molecule has 1 amide bonds. The number of aryl methyl sites for hydroxylation is 1. The van der Waals surface area contributed by atoms with Gasteiger partial charge in [-0.3, -0.25) is 4.79 Å². The first-order chi connectivity index (χ1) is 10.3. The number of aromatic nitrogens is 1. The standard InChI is InChI=1S/C18H20N2O/c1-3-11-19-18(21)13-9-10-17-15(12-13)14-7-5-6-8-16(14)20(17)4-2/h5-10,12H,3-4,11H2,1-2H3,(H,19,21). The van der Waals surface area contributed by atoms with Gasteiger partial charge in [-0.2, -0.15) is 0 Å². The Morgan fingerprint density at radius 2 is 1.81 bits per heavy atom. The minimum absolute atomic E-state index is 0.00656. The largest absolute Gasteiger partial charge is 0.352 e. The van der Waals surface area contributed by atoms with Crippen molar-refractivity contribution < 1.29 is 4.79 Å². The van der Waals surface area contributed by atoms with Crippen molar-refractivity contribution in [3.63, 3.8) is 0 Å². The second-order valence-corrected chi connectivity index (χ2v) is 5.25. The highest BCUT2D eigenvalue weighted by Crippen LogP contribution is 2.29. The number of benzene rings is 2. The highest BCUT2D eigenvalue weighted by atomic mass is 16.1. The van der Waals surface area contributed by atoms with Crippen LogP contribution in [0.25, 0.3) is 21.8 Å². The number of nitrogens with one attached hydrogen (secondary N) is 1. The second-order valence-electron chi connectivity index (χ2n) is 5.25. The zero-order chi connectivity index (χ0) is 14.8. The van der Waals surface area contributed by atoms with Crippen LogP contribution < -0.4 is 5.32 Å². The minimum atomic E-state index is 0.00656. The lowest BCUT2D eigenvalue weighted by molar-refractivity contribution is 0.0954. The molecule has 21 heavy (non-hydrogen) atoms. The third-order valence-electron chi connectivity index (χ3n) is 3.89. The van der Waals surface area contributed by atoms with Gasteiger partial charge in [-0.1, -0.05) is 25.1 Å². The maximum atomic E-state index is 12.1. The lowest BCUT2D eigenvalue weighted by Crippen LogP contribution is -2.23. The van der Waals surface area contributed by atoms with Crippen molar-refractivity contribution in [2.45, 2.75) is 26.8 Å². The molecule has 108 valence electrons. The predicted molar refractivity (Wildman–Crippen MR) is 87.7 cm³/mol. The van der Waals surface area contributed by atoms with Crippen molar-refractivity contribution in [1.82, 2.24) is 9.88 Å². The van der Waals surface area contributed by atoms with Crippen LogP contribution in [0, 0.1) is 0 Å². The van der Waals surface area contributed by atoms with Gasteiger partial charge >= 0.3 is 0 Å². The number of hydrogen-bond acceptors (Lipinski definition) is 1. The summed E-state index contributed by atoms with van der Waals surface area (Å²) in [6.45, 7) is 5.84. The molecule has 0 fully saturated rings. The predicted octanol–water partition coefficient (Wildman–Crippen LogP) is 3.95. The smallest absolute Gasteiger partial charge is 0.251 e. The molecule has 3 aromatic rings. The fraction of sp³-hybridized carbons (Fsp3) is 0.278. The van der Waals surface area contributed by atoms with Gasteiger partial charge in [-0.15, -0.1) is 0 Å². The Morgan fingerprint density at radius 3 is 2.57 bits per heavy atom. The molecule has 3 heteroatoms. The van der Waals surface area contributed by atoms with Crippen LogP contribution in [0.4, 0.5) is 0 Å². The Labute approximate surface area is 124 Å². The van der Waals surface area contributed by atoms with Gasteiger partial charge in [-0.25, -0.2) is 0 Å². The molecule has 1 N–H and O–H groups in total. The zero-order valence-corrected chi connectivity index (χ0v) is 12.5. The summed E-state index contributed by atoms with van der Waals surface area (Å²) in [6, 6.07) is 14.3. The molecular weight excluding hydrogens is 260 g/mol. The van der Waals surface area contributed by atoms with E-state index in [1.807, 2.05) is 18.2 Å². The minimum Gasteiger partial charge on any atom is -0.352 e. The topological polar surface area (TPSA) is 34.0 Å². The SMILES string of the molecule is CCCNC(=O)c1ccc2c(c1)c1ccccc1n2CC. The van der Waals surface area contributed by atoms with Crippen molar-refractivity contribution >= 4 is 27.7 Å². The first kappa shape index (κ1) is 13.7. The quantitative estimate of drug-likeness (QED) is 0.771. The summed E-state index contributed by atoms with van der Waals surface area (Å²) in [7, 11) is 0. The number of rotatable bonds is 4. The molecule has 1 aromatic heterocycles. The Kier molecular flexibility index (Phi) is 3.65. The Hall–Kier alpha value is -2.29. The van der Waals surface area contributed by atoms with Gasteiger partial charge in [0.1, 0.15) is 0 Å². The van der Waals surface area contributed by atoms with Crippen molar-refractivity contribution in [2.24, 2.45) is 0 Å². The first-order valence-electron chi connectivity index (χ1n) is 7.55. The van der Waals surface area contributed by atoms with Gasteiger partial charge in [0.2, 0.25) is 0 Å². The van der Waals surface area contributed by atoms with E-state index < -0.39 is 0 Å². The van der Waals surface area contributed by atoms with Crippen LogP contribution in [0.15, 0.2) is 42.5 Å². The van der Waals surface area contributed by atoms with Gasteiger partial charge in [-0.05, 0) is 37.6 Å². The summed E-state index contributed by atoms with van der Waals surface area (Å²) < 4.78 is 2.29. The third-order valence-corrected chi connectivity index (χ3v) is 3.89. The maximum Gasteiger partial charge on any atom is 0.251 e. The summed E-state index contributed by atoms with van der Waals surface area (Å²) in [4.78, 5) is 12.1. The Bertz CT molecular complexity index is 801. The highest BCUT2D eigenvalue weighted by Gasteiger charge is 2.12. The van der Waals surface area contributed by atoms with Gasteiger partial charge in [0, 0.05) is 40.5 Å². The van der Waals surface area contributed by atoms with Crippen LogP contribution in [0.2, 0.25) is 0 Å². The van der Waals surface area contributed by atoms with Gasteiger partial charge < -0.3 is 9.88 Å². The molecule has 3 rings (SSSR count). The molecule has 3 nitrogen and oxygen atoms in total. The van der Waals surface area contributed by atoms with Crippen molar-refractivity contribution in [3.05, 3.63) is 48.0 Å². The number of carbonyl (C=O) groups is 1. The third kappa shape index (κ3) is 2.29. The van der Waals surface area contributed by atoms with Crippen LogP contribution in [0.5, 0.6) is 0 Å². The average molecular weight is 280 g/mol. The van der Waals surface area contributed by atoms with E-state index in [9.17, 15) is 4.79 Å². The number of para-hydroxylation sites is 1. The Balaban J connectivity index is 2.17. The normalized spacial score (nSPS) is 11.1. The molecule has 0 radical (unpaired) electrons. The number of carbonyl (C=O) groups excluding carboxylic acids is 1. The molecule has 0 bridgehead atoms. The molecule has 2 aromatic carbocycles. The van der Waals surface area contributed by atoms with Crippen LogP contribution in [0.1, 0.15) is 30.6 Å². The number of hydrogen-bond donors (Lipinski definition) is 1. The lowest BCUT2D eigenvalue weighted by Gasteiger charge is -2.05. The lowest BCUT2D eigenvalue weighted by atomic mass is 10.1. The number of nitrogens with zero attached hydrogens (tertiary/aromatic N) is 1. The van der Waals surface area contributed by atoms with Crippen LogP contribution in [-0.2, 0) is 6.54 Å². The molecule has 0 unspecified atom stereocenters. The highest BCUT2D eigenvalue weighted by molar-refractivity contribution is 6.10. The van der Waals surface area contributed by atoms with Crippen molar-refractivity contribution in [3.8, 4) is 0 Å². The van der Waals surface area contributed by atoms with Crippen LogP contribution in [-0.4, -0.2) is 17.0 Å². The first-order valence-corrected chi connectivity index (χ1v) is 7.55. The van der Waals surface area contributed by atoms with Crippen molar-refractivity contribution in [1.29, 1.82) is 0 Å². The molecule has 0 saturated carbocycles. The molecule has 0 spiro atoms. The van der Waals surface area contributed by atoms with E-state index in [0.29, 0.717) is 6.54 Å². The van der Waals surface area contributed by atoms with Crippen LogP contribution >= 0.6 is 0 Å². The van der Waals surface area contributed by atoms with Gasteiger partial charge in [0.05, 0.1) is 0 Å². The Morgan fingerprint density at radius 1 is 1.05 bits per heavy atom. The van der Waals surface area contributed by atoms with Crippen molar-refractivity contribution in [2.75, 3.05) is 6.54 Å². The van der Waals surface area contributed by atoms with E-state index >= 15 is 0 Å². The number of fused-ring (bicyclic) bond motifs is 3. The summed E-state index contributed by atoms with van der Waals surface area (Å²) in [5.41, 5.74) is 3.14. The van der Waals surface area contributed by atoms with Gasteiger partial charge in [0.15, 0.2) is 0 Å². The van der Waals surface area contributed by atoms with Crippen LogP contribution in [0.3, 0.4) is 0 Å². The van der Waals surface area contributed by atoms with Gasteiger partial charge in [0.25, 0.3) is 5.91 Å². The van der Waals surface area contributed by atoms with E-state index in [4.69, 9.17) is 0 Å². The second kappa shape index (κ2) is 5.60. The molecule has 0 saturated heterocycles. The number of amides is 1. The summed E-state index contributed by atoms with van der Waals surface area (Å²) >= 11 is 0. The molecular formula is C18H20N2O. The molecule has 0 aliphatic carbocycles. The molecule has 0 aliphatic heterocycles. The molecule has 1 heterocycles.